The van der Waals surface area contributed by atoms with Gasteiger partial charge in [-0.05, 0) is 24.6 Å². The smallest absolute Gasteiger partial charge is 0.238 e. The van der Waals surface area contributed by atoms with E-state index in [2.05, 4.69) is 9.98 Å². The average Bonchev–Trinajstić information content (AvgIpc) is 2.18. The molecule has 0 aliphatic rings. The normalized spacial score (nSPS) is 12.2. The molecular formula is C9H14N6O2S. The average molecular weight is 270 g/mol. The van der Waals surface area contributed by atoms with Crippen LogP contribution < -0.4 is 22.3 Å². The Morgan fingerprint density at radius 1 is 1.22 bits per heavy atom. The Bertz CT molecular complexity index is 616. The molecule has 98 valence electrons. The van der Waals surface area contributed by atoms with Gasteiger partial charge in [-0.2, -0.15) is 4.99 Å². The van der Waals surface area contributed by atoms with Gasteiger partial charge in [-0.15, -0.1) is 0 Å². The molecule has 1 aromatic carbocycles. The molecular weight excluding hydrogens is 256 g/mol. The van der Waals surface area contributed by atoms with Gasteiger partial charge in [-0.1, -0.05) is 6.07 Å². The van der Waals surface area contributed by atoms with Gasteiger partial charge in [-0.3, -0.25) is 0 Å². The van der Waals surface area contributed by atoms with Crippen molar-refractivity contribution in [3.05, 3.63) is 23.8 Å². The standard InChI is InChI=1S/C9H14N6O2S/c1-5-2-3-6(18(13,16)17)4-7(5)14-9(12)15-8(10)11/h2-4H,1H3,(H2,13,16,17)(H6,10,11,12,14,15). The molecule has 1 aromatic rings. The quantitative estimate of drug-likeness (QED) is 0.393. The van der Waals surface area contributed by atoms with Gasteiger partial charge in [0.2, 0.25) is 16.0 Å². The molecule has 0 heterocycles. The van der Waals surface area contributed by atoms with Gasteiger partial charge in [0, 0.05) is 0 Å². The second kappa shape index (κ2) is 5.02. The molecule has 0 spiro atoms. The van der Waals surface area contributed by atoms with Crippen molar-refractivity contribution >= 4 is 27.6 Å². The van der Waals surface area contributed by atoms with E-state index in [0.717, 1.165) is 0 Å². The number of benzene rings is 1. The first-order valence-electron chi connectivity index (χ1n) is 4.77. The Balaban J connectivity index is 3.30. The highest BCUT2D eigenvalue weighted by molar-refractivity contribution is 7.89. The predicted octanol–water partition coefficient (Wildman–Crippen LogP) is -1.14. The summed E-state index contributed by atoms with van der Waals surface area (Å²) in [6.07, 6.45) is 0. The first-order valence-corrected chi connectivity index (χ1v) is 6.32. The monoisotopic (exact) mass is 270 g/mol. The zero-order chi connectivity index (χ0) is 13.9. The van der Waals surface area contributed by atoms with Gasteiger partial charge in [0.1, 0.15) is 0 Å². The molecule has 0 aliphatic carbocycles. The van der Waals surface area contributed by atoms with Crippen molar-refractivity contribution < 1.29 is 8.42 Å². The van der Waals surface area contributed by atoms with Gasteiger partial charge < -0.3 is 17.2 Å². The van der Waals surface area contributed by atoms with Crippen molar-refractivity contribution in [2.45, 2.75) is 11.8 Å². The molecule has 0 saturated heterocycles. The molecule has 0 radical (unpaired) electrons. The third-order valence-electron chi connectivity index (χ3n) is 1.99. The number of hydrogen-bond acceptors (Lipinski definition) is 3. The van der Waals surface area contributed by atoms with Gasteiger partial charge >= 0.3 is 0 Å². The summed E-state index contributed by atoms with van der Waals surface area (Å²) in [5, 5.41) is 5.01. The second-order valence-electron chi connectivity index (χ2n) is 3.50. The van der Waals surface area contributed by atoms with E-state index in [1.54, 1.807) is 13.0 Å². The molecule has 8 nitrogen and oxygen atoms in total. The van der Waals surface area contributed by atoms with E-state index in [-0.39, 0.29) is 16.8 Å². The third kappa shape index (κ3) is 3.71. The number of hydrogen-bond donors (Lipinski definition) is 4. The molecule has 18 heavy (non-hydrogen) atoms. The highest BCUT2D eigenvalue weighted by Gasteiger charge is 2.09. The lowest BCUT2D eigenvalue weighted by Crippen LogP contribution is -2.26. The Kier molecular flexibility index (Phi) is 3.89. The number of primary sulfonamides is 1. The molecule has 0 unspecified atom stereocenters. The molecule has 1 rings (SSSR count). The first kappa shape index (κ1) is 13.9. The molecule has 0 aliphatic heterocycles. The molecule has 0 bridgehead atoms. The molecule has 0 saturated carbocycles. The lowest BCUT2D eigenvalue weighted by Gasteiger charge is -2.04. The van der Waals surface area contributed by atoms with Crippen molar-refractivity contribution in [3.63, 3.8) is 0 Å². The van der Waals surface area contributed by atoms with Crippen LogP contribution in [0.5, 0.6) is 0 Å². The summed E-state index contributed by atoms with van der Waals surface area (Å²) in [6.45, 7) is 1.73. The van der Waals surface area contributed by atoms with E-state index in [4.69, 9.17) is 22.3 Å². The second-order valence-corrected chi connectivity index (χ2v) is 5.06. The summed E-state index contributed by atoms with van der Waals surface area (Å²) in [5.74, 6) is -0.416. The molecule has 0 aromatic heterocycles. The summed E-state index contributed by atoms with van der Waals surface area (Å²) >= 11 is 0. The Labute approximate surface area is 104 Å². The van der Waals surface area contributed by atoms with E-state index in [0.29, 0.717) is 11.3 Å². The maximum absolute atomic E-state index is 11.2. The number of aryl methyl sites for hydroxylation is 1. The van der Waals surface area contributed by atoms with Crippen LogP contribution in [0.2, 0.25) is 0 Å². The van der Waals surface area contributed by atoms with E-state index >= 15 is 0 Å². The molecule has 0 atom stereocenters. The van der Waals surface area contributed by atoms with Gasteiger partial charge in [0.25, 0.3) is 0 Å². The van der Waals surface area contributed by atoms with Crippen molar-refractivity contribution in [1.82, 2.24) is 0 Å². The van der Waals surface area contributed by atoms with Gasteiger partial charge in [0.05, 0.1) is 10.6 Å². The highest BCUT2D eigenvalue weighted by atomic mass is 32.2. The van der Waals surface area contributed by atoms with Crippen molar-refractivity contribution in [2.75, 3.05) is 0 Å². The third-order valence-corrected chi connectivity index (χ3v) is 2.90. The Hall–Kier alpha value is -2.13. The fourth-order valence-corrected chi connectivity index (χ4v) is 1.70. The zero-order valence-electron chi connectivity index (χ0n) is 9.66. The van der Waals surface area contributed by atoms with Crippen LogP contribution in [0.15, 0.2) is 33.1 Å². The van der Waals surface area contributed by atoms with Crippen LogP contribution in [0, 0.1) is 6.92 Å². The molecule has 8 N–H and O–H groups in total. The summed E-state index contributed by atoms with van der Waals surface area (Å²) < 4.78 is 22.4. The summed E-state index contributed by atoms with van der Waals surface area (Å²) in [4.78, 5) is 7.36. The van der Waals surface area contributed by atoms with Crippen LogP contribution in [0.1, 0.15) is 5.56 Å². The van der Waals surface area contributed by atoms with E-state index in [9.17, 15) is 8.42 Å². The maximum atomic E-state index is 11.2. The minimum atomic E-state index is -3.80. The van der Waals surface area contributed by atoms with Gasteiger partial charge in [-0.25, -0.2) is 18.5 Å². The number of aliphatic imine (C=N–C) groups is 2. The van der Waals surface area contributed by atoms with E-state index in [1.807, 2.05) is 0 Å². The lowest BCUT2D eigenvalue weighted by atomic mass is 10.2. The van der Waals surface area contributed by atoms with Crippen LogP contribution in [0.25, 0.3) is 0 Å². The predicted molar refractivity (Wildman–Crippen MR) is 69.6 cm³/mol. The number of sulfonamides is 1. The summed E-state index contributed by atoms with van der Waals surface area (Å²) in [7, 11) is -3.80. The number of nitrogens with two attached hydrogens (primary N) is 4. The van der Waals surface area contributed by atoms with E-state index in [1.165, 1.54) is 12.1 Å². The van der Waals surface area contributed by atoms with Crippen molar-refractivity contribution in [3.8, 4) is 0 Å². The molecule has 0 fully saturated rings. The number of nitrogens with zero attached hydrogens (tertiary/aromatic N) is 2. The fraction of sp³-hybridized carbons (Fsp3) is 0.111. The number of guanidine groups is 2. The van der Waals surface area contributed by atoms with Gasteiger partial charge in [0.15, 0.2) is 5.96 Å². The number of rotatable bonds is 2. The van der Waals surface area contributed by atoms with E-state index < -0.39 is 10.0 Å². The minimum Gasteiger partial charge on any atom is -0.370 e. The van der Waals surface area contributed by atoms with Crippen LogP contribution >= 0.6 is 0 Å². The SMILES string of the molecule is Cc1ccc(S(N)(=O)=O)cc1N=C(N)N=C(N)N. The molecule has 0 amide bonds. The van der Waals surface area contributed by atoms with Crippen molar-refractivity contribution in [1.29, 1.82) is 0 Å². The molecule has 9 heteroatoms. The Morgan fingerprint density at radius 3 is 2.33 bits per heavy atom. The lowest BCUT2D eigenvalue weighted by molar-refractivity contribution is 0.598. The fourth-order valence-electron chi connectivity index (χ4n) is 1.17. The Morgan fingerprint density at radius 2 is 1.83 bits per heavy atom. The van der Waals surface area contributed by atoms with Crippen LogP contribution in [0.4, 0.5) is 5.69 Å². The minimum absolute atomic E-state index is 0.0654. The van der Waals surface area contributed by atoms with Crippen LogP contribution in [-0.2, 0) is 10.0 Å². The first-order chi connectivity index (χ1) is 8.20. The summed E-state index contributed by atoms with van der Waals surface area (Å²) in [5.41, 5.74) is 16.8. The largest absolute Gasteiger partial charge is 0.370 e. The van der Waals surface area contributed by atoms with Crippen LogP contribution in [-0.4, -0.2) is 20.3 Å². The highest BCUT2D eigenvalue weighted by Crippen LogP contribution is 2.22. The topological polar surface area (TPSA) is 163 Å². The maximum Gasteiger partial charge on any atom is 0.238 e. The summed E-state index contributed by atoms with van der Waals surface area (Å²) in [6, 6.07) is 4.22. The van der Waals surface area contributed by atoms with Crippen LogP contribution in [0.3, 0.4) is 0 Å². The zero-order valence-corrected chi connectivity index (χ0v) is 10.5. The van der Waals surface area contributed by atoms with Crippen molar-refractivity contribution in [2.24, 2.45) is 32.3 Å².